The molecule has 0 bridgehead atoms. The second-order valence-corrected chi connectivity index (χ2v) is 9.30. The summed E-state index contributed by atoms with van der Waals surface area (Å²) in [6.07, 6.45) is 1.77. The Hall–Kier alpha value is -2.07. The van der Waals surface area contributed by atoms with E-state index in [0.717, 1.165) is 5.56 Å². The van der Waals surface area contributed by atoms with Gasteiger partial charge < -0.3 is 0 Å². The molecule has 0 aliphatic carbocycles. The number of ether oxygens (including phenoxy) is 1. The third kappa shape index (κ3) is 4.58. The number of benzene rings is 1. The van der Waals surface area contributed by atoms with E-state index in [-0.39, 0.29) is 30.5 Å². The van der Waals surface area contributed by atoms with E-state index < -0.39 is 13.5 Å². The molecule has 3 heterocycles. The molecule has 3 aromatic rings. The van der Waals surface area contributed by atoms with Crippen LogP contribution in [0.5, 0.6) is 0 Å². The monoisotopic (exact) mass is 441 g/mol. The van der Waals surface area contributed by atoms with E-state index in [1.807, 2.05) is 18.2 Å². The maximum absolute atomic E-state index is 11.8. The zero-order valence-corrected chi connectivity index (χ0v) is 17.1. The summed E-state index contributed by atoms with van der Waals surface area (Å²) >= 11 is 6.04. The van der Waals surface area contributed by atoms with Gasteiger partial charge in [-0.2, -0.15) is 0 Å². The topological polar surface area (TPSA) is 138 Å². The number of rotatable bonds is 6. The van der Waals surface area contributed by atoms with Gasteiger partial charge >= 0.3 is 171 Å². The van der Waals surface area contributed by atoms with Crippen molar-refractivity contribution in [3.8, 4) is 0 Å². The Morgan fingerprint density at radius 1 is 1.48 bits per heavy atom. The molecule has 1 aliphatic heterocycles. The second kappa shape index (κ2) is 8.35. The van der Waals surface area contributed by atoms with Gasteiger partial charge in [-0.15, -0.1) is 0 Å². The number of nitrogen functional groups attached to an aromatic ring is 1. The molecule has 12 heteroatoms. The number of hydrogen-bond acceptors (Lipinski definition) is 8. The van der Waals surface area contributed by atoms with Gasteiger partial charge in [0.2, 0.25) is 0 Å². The zero-order chi connectivity index (χ0) is 20.4. The van der Waals surface area contributed by atoms with Gasteiger partial charge in [0, 0.05) is 0 Å². The van der Waals surface area contributed by atoms with E-state index in [2.05, 4.69) is 15.0 Å². The quantitative estimate of drug-likeness (QED) is 0.390. The third-order valence-electron chi connectivity index (χ3n) is 4.51. The van der Waals surface area contributed by atoms with Crippen molar-refractivity contribution < 1.29 is 18.7 Å². The van der Waals surface area contributed by atoms with Crippen LogP contribution in [0.25, 0.3) is 11.2 Å². The van der Waals surface area contributed by atoms with Crippen molar-refractivity contribution in [1.82, 2.24) is 19.5 Å². The fourth-order valence-corrected chi connectivity index (χ4v) is 5.11. The molecule has 2 aromatic heterocycles. The number of nitrogens with zero attached hydrogens (tertiary/aromatic N) is 3. The number of nitrogens with two attached hydrogens (primary N) is 1. The van der Waals surface area contributed by atoms with Crippen molar-refractivity contribution in [2.75, 3.05) is 25.3 Å². The predicted octanol–water partition coefficient (Wildman–Crippen LogP) is 1.99. The van der Waals surface area contributed by atoms with Crippen LogP contribution in [0.4, 0.5) is 5.95 Å². The van der Waals surface area contributed by atoms with Gasteiger partial charge in [0.05, 0.1) is 0 Å². The first-order valence-corrected chi connectivity index (χ1v) is 11.4. The Morgan fingerprint density at radius 3 is 3.17 bits per heavy atom. The number of hydrogen-bond donors (Lipinski definition) is 3. The van der Waals surface area contributed by atoms with Gasteiger partial charge in [-0.05, 0) is 0 Å². The molecule has 10 nitrogen and oxygen atoms in total. The zero-order valence-electron chi connectivity index (χ0n) is 15.4. The summed E-state index contributed by atoms with van der Waals surface area (Å²) in [7, 11) is -3.47. The summed E-state index contributed by atoms with van der Waals surface area (Å²) < 4.78 is 18.6. The molecule has 156 valence electrons. The summed E-state index contributed by atoms with van der Waals surface area (Å²) in [4.78, 5) is 33.1. The summed E-state index contributed by atoms with van der Waals surface area (Å²) in [6.45, 7) is 0.986. The first-order valence-electron chi connectivity index (χ1n) is 9.01. The van der Waals surface area contributed by atoms with Crippen molar-refractivity contribution in [3.63, 3.8) is 0 Å². The normalized spacial score (nSPS) is 20.0. The number of H-pyrrole nitrogens is 1. The Labute approximate surface area is 171 Å². The number of imidazole rings is 1. The molecule has 4 rings (SSSR count). The molecule has 0 radical (unpaired) electrons. The minimum atomic E-state index is -3.47. The summed E-state index contributed by atoms with van der Waals surface area (Å²) in [5.74, 6) is 0.0166. The van der Waals surface area contributed by atoms with Crippen LogP contribution in [0, 0.1) is 0 Å². The second-order valence-electron chi connectivity index (χ2n) is 6.63. The van der Waals surface area contributed by atoms with E-state index in [0.29, 0.717) is 30.2 Å². The third-order valence-corrected chi connectivity index (χ3v) is 6.62. The molecule has 4 N–H and O–H groups in total. The summed E-state index contributed by atoms with van der Waals surface area (Å²) in [5, 5.41) is 0.611. The Balaban J connectivity index is 1.35. The van der Waals surface area contributed by atoms with Crippen molar-refractivity contribution in [2.45, 2.75) is 19.1 Å². The predicted molar refractivity (Wildman–Crippen MR) is 110 cm³/mol. The van der Waals surface area contributed by atoms with Crippen molar-refractivity contribution >= 4 is 36.7 Å². The minimum absolute atomic E-state index is 0.0166. The molecular weight excluding hydrogens is 421 g/mol. The van der Waals surface area contributed by atoms with Gasteiger partial charge in [-0.3, -0.25) is 0 Å². The number of fused-ring (bicyclic) bond motifs is 1. The average Bonchev–Trinajstić information content (AvgIpc) is 3.08. The first-order chi connectivity index (χ1) is 13.9. The van der Waals surface area contributed by atoms with Crippen LogP contribution < -0.4 is 11.3 Å². The molecule has 1 aromatic carbocycles. The number of nitrogens with one attached hydrogen (secondary N) is 1. The molecule has 1 atom stereocenters. The van der Waals surface area contributed by atoms with Gasteiger partial charge in [0.1, 0.15) is 0 Å². The average molecular weight is 442 g/mol. The molecule has 0 spiro atoms. The van der Waals surface area contributed by atoms with E-state index in [1.54, 1.807) is 10.6 Å². The van der Waals surface area contributed by atoms with Crippen LogP contribution in [0.1, 0.15) is 18.1 Å². The number of halogens is 1. The van der Waals surface area contributed by atoms with E-state index in [4.69, 9.17) is 31.1 Å². The fraction of sp³-hybridized carbons (Fsp3) is 0.353. The maximum atomic E-state index is 11.8. The number of aromatic nitrogens is 4. The van der Waals surface area contributed by atoms with E-state index >= 15 is 0 Å². The molecule has 1 saturated heterocycles. The van der Waals surface area contributed by atoms with Crippen LogP contribution in [-0.4, -0.2) is 44.0 Å². The van der Waals surface area contributed by atoms with Crippen LogP contribution in [-0.2, 0) is 20.3 Å². The van der Waals surface area contributed by atoms with Crippen LogP contribution >= 0.6 is 19.5 Å². The molecule has 0 amide bonds. The van der Waals surface area contributed by atoms with E-state index in [9.17, 15) is 9.69 Å². The van der Waals surface area contributed by atoms with Crippen molar-refractivity contribution in [1.29, 1.82) is 0 Å². The first kappa shape index (κ1) is 20.2. The van der Waals surface area contributed by atoms with Gasteiger partial charge in [0.15, 0.2) is 0 Å². The number of aromatic amines is 1. The Bertz CT molecular complexity index is 1080. The molecule has 0 saturated carbocycles. The van der Waals surface area contributed by atoms with Crippen LogP contribution in [0.2, 0.25) is 5.02 Å². The van der Waals surface area contributed by atoms with E-state index in [1.165, 1.54) is 6.33 Å². The number of anilines is 1. The van der Waals surface area contributed by atoms with Gasteiger partial charge in [-0.25, -0.2) is 0 Å². The summed E-state index contributed by atoms with van der Waals surface area (Å²) in [6, 6.07) is 7.35. The fourth-order valence-electron chi connectivity index (χ4n) is 3.16. The molecule has 29 heavy (non-hydrogen) atoms. The SMILES string of the molecule is Nc1nc2c(ncn2CCOC[PH]2(O)OCCC(c3cccc(Cl)c3)O2)c(=O)[nH]1. The summed E-state index contributed by atoms with van der Waals surface area (Å²) in [5.41, 5.74) is 6.66. The molecular formula is C17H21ClN5O5P. The van der Waals surface area contributed by atoms with Crippen molar-refractivity contribution in [3.05, 3.63) is 51.5 Å². The van der Waals surface area contributed by atoms with Crippen LogP contribution in [0.3, 0.4) is 0 Å². The Kier molecular flexibility index (Phi) is 5.82. The molecule has 1 fully saturated rings. The van der Waals surface area contributed by atoms with Crippen LogP contribution in [0.15, 0.2) is 35.4 Å². The van der Waals surface area contributed by atoms with Gasteiger partial charge in [-0.1, -0.05) is 0 Å². The molecule has 1 unspecified atom stereocenters. The standard InChI is InChI=1S/C17H21ClN5O5P/c18-12-3-1-2-11(8-12)13-4-6-27-29(25,28-13)10-26-7-5-23-9-20-14-15(23)21-17(19)22-16(14)24/h1-3,8-9,13,25,29H,4-7,10H2,(H3,19,21,22,24). The van der Waals surface area contributed by atoms with Gasteiger partial charge in [0.25, 0.3) is 0 Å². The van der Waals surface area contributed by atoms with Crippen molar-refractivity contribution in [2.24, 2.45) is 0 Å². The molecule has 1 aliphatic rings. The Morgan fingerprint density at radius 2 is 2.34 bits per heavy atom.